The van der Waals surface area contributed by atoms with E-state index in [1.54, 1.807) is 18.3 Å². The Hall–Kier alpha value is -2.41. The SMILES string of the molecule is C=C[C@H]1C[N+]2(Cc3ccc(C(F)(F)F)cc3)CC[C@H]1C[C@H]2[C@H](O)c1ccnc2ccccc12.[Cl-]. The highest BCUT2D eigenvalue weighted by molar-refractivity contribution is 5.82. The lowest BCUT2D eigenvalue weighted by molar-refractivity contribution is -0.984. The lowest BCUT2D eigenvalue weighted by atomic mass is 9.71. The average Bonchev–Trinajstić information content (AvgIpc) is 2.83. The molecule has 4 heterocycles. The van der Waals surface area contributed by atoms with E-state index in [0.717, 1.165) is 60.1 Å². The maximum atomic E-state index is 13.1. The molecule has 1 N–H and O–H groups in total. The van der Waals surface area contributed by atoms with E-state index in [2.05, 4.69) is 11.6 Å². The van der Waals surface area contributed by atoms with Gasteiger partial charge in [-0.05, 0) is 35.7 Å². The Labute approximate surface area is 203 Å². The van der Waals surface area contributed by atoms with Crippen molar-refractivity contribution >= 4 is 10.9 Å². The number of rotatable bonds is 5. The molecule has 1 unspecified atom stereocenters. The van der Waals surface area contributed by atoms with Crippen LogP contribution in [-0.4, -0.2) is 33.7 Å². The van der Waals surface area contributed by atoms with Crippen LogP contribution in [0.25, 0.3) is 10.9 Å². The summed E-state index contributed by atoms with van der Waals surface area (Å²) in [6, 6.07) is 15.2. The fourth-order valence-corrected chi connectivity index (χ4v) is 6.13. The molecule has 0 saturated carbocycles. The molecule has 3 nitrogen and oxygen atoms in total. The van der Waals surface area contributed by atoms with Crippen molar-refractivity contribution in [1.29, 1.82) is 0 Å². The number of benzene rings is 2. The molecule has 5 atom stereocenters. The molecule has 3 aliphatic heterocycles. The summed E-state index contributed by atoms with van der Waals surface area (Å²) >= 11 is 0. The second kappa shape index (κ2) is 9.33. The van der Waals surface area contributed by atoms with Crippen LogP contribution in [0.5, 0.6) is 0 Å². The van der Waals surface area contributed by atoms with E-state index in [4.69, 9.17) is 0 Å². The van der Waals surface area contributed by atoms with Crippen LogP contribution in [0.4, 0.5) is 13.2 Å². The van der Waals surface area contributed by atoms with E-state index >= 15 is 0 Å². The Morgan fingerprint density at radius 1 is 1.12 bits per heavy atom. The van der Waals surface area contributed by atoms with E-state index in [1.807, 2.05) is 36.4 Å². The maximum absolute atomic E-state index is 13.1. The molecule has 2 aromatic carbocycles. The minimum Gasteiger partial charge on any atom is -1.00 e. The average molecular weight is 489 g/mol. The Balaban J connectivity index is 0.00000274. The number of fused-ring (bicyclic) bond motifs is 4. The molecular formula is C27H28ClF3N2O. The van der Waals surface area contributed by atoms with Crippen LogP contribution in [0, 0.1) is 11.8 Å². The molecular weight excluding hydrogens is 461 g/mol. The third-order valence-corrected chi connectivity index (χ3v) is 7.82. The number of aliphatic hydroxyl groups excluding tert-OH is 1. The summed E-state index contributed by atoms with van der Waals surface area (Å²) in [7, 11) is 0. The molecule has 3 aliphatic rings. The molecule has 3 saturated heterocycles. The van der Waals surface area contributed by atoms with Gasteiger partial charge < -0.3 is 22.0 Å². The van der Waals surface area contributed by atoms with Crippen LogP contribution >= 0.6 is 0 Å². The largest absolute Gasteiger partial charge is 1.00 e. The summed E-state index contributed by atoms with van der Waals surface area (Å²) in [6.07, 6.45) is 0.648. The third kappa shape index (κ3) is 4.35. The molecule has 3 fully saturated rings. The van der Waals surface area contributed by atoms with Gasteiger partial charge in [-0.3, -0.25) is 4.98 Å². The Bertz CT molecular complexity index is 1160. The molecule has 0 aliphatic carbocycles. The van der Waals surface area contributed by atoms with Gasteiger partial charge in [-0.1, -0.05) is 36.4 Å². The predicted molar refractivity (Wildman–Crippen MR) is 122 cm³/mol. The van der Waals surface area contributed by atoms with Crippen molar-refractivity contribution in [3.8, 4) is 0 Å². The summed E-state index contributed by atoms with van der Waals surface area (Å²) in [5.41, 5.74) is 1.96. The van der Waals surface area contributed by atoms with Gasteiger partial charge in [0.1, 0.15) is 18.7 Å². The first kappa shape index (κ1) is 24.7. The van der Waals surface area contributed by atoms with Crippen LogP contribution in [0.2, 0.25) is 0 Å². The summed E-state index contributed by atoms with van der Waals surface area (Å²) in [5.74, 6) is 0.827. The first-order chi connectivity index (χ1) is 15.8. The van der Waals surface area contributed by atoms with Gasteiger partial charge in [0.05, 0.1) is 24.2 Å². The molecule has 7 heteroatoms. The molecule has 180 valence electrons. The number of para-hydroxylation sites is 1. The van der Waals surface area contributed by atoms with Crippen molar-refractivity contribution in [3.05, 3.63) is 90.1 Å². The second-order valence-electron chi connectivity index (χ2n) is 9.59. The number of halogens is 4. The number of piperidine rings is 3. The van der Waals surface area contributed by atoms with Crippen molar-refractivity contribution < 1.29 is 35.2 Å². The quantitative estimate of drug-likeness (QED) is 0.442. The molecule has 0 spiro atoms. The summed E-state index contributed by atoms with van der Waals surface area (Å²) in [5, 5.41) is 12.6. The predicted octanol–water partition coefficient (Wildman–Crippen LogP) is 2.90. The second-order valence-corrected chi connectivity index (χ2v) is 9.59. The smallest absolute Gasteiger partial charge is 0.416 e. The van der Waals surface area contributed by atoms with Crippen molar-refractivity contribution in [2.75, 3.05) is 13.1 Å². The molecule has 1 aromatic heterocycles. The Morgan fingerprint density at radius 2 is 1.85 bits per heavy atom. The Morgan fingerprint density at radius 3 is 2.56 bits per heavy atom. The highest BCUT2D eigenvalue weighted by Gasteiger charge is 2.54. The monoisotopic (exact) mass is 488 g/mol. The van der Waals surface area contributed by atoms with Gasteiger partial charge in [0.2, 0.25) is 0 Å². The number of nitrogens with zero attached hydrogens (tertiary/aromatic N) is 2. The van der Waals surface area contributed by atoms with Gasteiger partial charge in [-0.2, -0.15) is 13.2 Å². The number of hydrogen-bond acceptors (Lipinski definition) is 2. The van der Waals surface area contributed by atoms with E-state index in [-0.39, 0.29) is 18.4 Å². The normalized spacial score (nSPS) is 27.2. The number of aliphatic hydroxyl groups is 1. The van der Waals surface area contributed by atoms with Crippen LogP contribution in [0.15, 0.2) is 73.4 Å². The first-order valence-electron chi connectivity index (χ1n) is 11.5. The topological polar surface area (TPSA) is 33.1 Å². The van der Waals surface area contributed by atoms with Crippen LogP contribution in [-0.2, 0) is 12.7 Å². The fraction of sp³-hybridized carbons (Fsp3) is 0.370. The van der Waals surface area contributed by atoms with Crippen LogP contribution in [0.1, 0.15) is 35.6 Å². The van der Waals surface area contributed by atoms with Crippen molar-refractivity contribution in [2.24, 2.45) is 11.8 Å². The number of hydrogen-bond donors (Lipinski definition) is 1. The van der Waals surface area contributed by atoms with E-state index in [9.17, 15) is 18.3 Å². The zero-order chi connectivity index (χ0) is 23.2. The van der Waals surface area contributed by atoms with Crippen LogP contribution < -0.4 is 12.4 Å². The fourth-order valence-electron chi connectivity index (χ4n) is 6.13. The highest BCUT2D eigenvalue weighted by Crippen LogP contribution is 2.48. The van der Waals surface area contributed by atoms with E-state index in [1.165, 1.54) is 0 Å². The van der Waals surface area contributed by atoms with Crippen molar-refractivity contribution in [3.63, 3.8) is 0 Å². The molecule has 0 radical (unpaired) electrons. The van der Waals surface area contributed by atoms with Crippen LogP contribution in [0.3, 0.4) is 0 Å². The van der Waals surface area contributed by atoms with E-state index < -0.39 is 17.8 Å². The molecule has 2 bridgehead atoms. The summed E-state index contributed by atoms with van der Waals surface area (Å²) in [6.45, 7) is 6.39. The van der Waals surface area contributed by atoms with E-state index in [0.29, 0.717) is 22.9 Å². The summed E-state index contributed by atoms with van der Waals surface area (Å²) in [4.78, 5) is 4.43. The zero-order valence-electron chi connectivity index (χ0n) is 18.8. The standard InChI is InChI=1S/C27H28F3N2O.ClH/c1-2-19-17-32(16-18-7-9-21(10-8-18)27(28,29)30)14-12-20(19)15-25(32)26(33)23-11-13-31-24-6-4-3-5-22(23)24;/h2-11,13,19-20,25-26,33H,1,12,14-17H2;1H/q+1;/p-1/t19-,20-,25-,26+,32?;/m0./s1. The van der Waals surface area contributed by atoms with Gasteiger partial charge >= 0.3 is 6.18 Å². The number of quaternary nitrogens is 1. The van der Waals surface area contributed by atoms with Gasteiger partial charge in [0.25, 0.3) is 0 Å². The number of pyridine rings is 1. The minimum atomic E-state index is -4.34. The van der Waals surface area contributed by atoms with Gasteiger partial charge in [-0.25, -0.2) is 0 Å². The molecule has 6 rings (SSSR count). The minimum absolute atomic E-state index is 0. The Kier molecular flexibility index (Phi) is 6.78. The van der Waals surface area contributed by atoms with Crippen molar-refractivity contribution in [1.82, 2.24) is 4.98 Å². The lowest BCUT2D eigenvalue weighted by Gasteiger charge is -2.58. The van der Waals surface area contributed by atoms with Gasteiger partial charge in [-0.15, -0.1) is 6.58 Å². The molecule has 0 amide bonds. The van der Waals surface area contributed by atoms with Gasteiger partial charge in [0.15, 0.2) is 0 Å². The maximum Gasteiger partial charge on any atom is 0.416 e. The third-order valence-electron chi connectivity index (χ3n) is 7.82. The first-order valence-corrected chi connectivity index (χ1v) is 11.5. The molecule has 3 aromatic rings. The lowest BCUT2D eigenvalue weighted by Crippen LogP contribution is -3.00. The number of aromatic nitrogens is 1. The molecule has 34 heavy (non-hydrogen) atoms. The van der Waals surface area contributed by atoms with Gasteiger partial charge in [0, 0.05) is 35.9 Å². The summed E-state index contributed by atoms with van der Waals surface area (Å²) < 4.78 is 39.8. The zero-order valence-corrected chi connectivity index (χ0v) is 19.5. The number of alkyl halides is 3. The highest BCUT2D eigenvalue weighted by atomic mass is 35.5. The van der Waals surface area contributed by atoms with Crippen molar-refractivity contribution in [2.45, 2.75) is 37.7 Å².